The van der Waals surface area contributed by atoms with Crippen LogP contribution >= 0.6 is 11.8 Å². The van der Waals surface area contributed by atoms with Crippen molar-refractivity contribution in [3.63, 3.8) is 0 Å². The largest absolute Gasteiger partial charge is 0.351 e. The molecule has 4 rings (SSSR count). The van der Waals surface area contributed by atoms with Gasteiger partial charge in [-0.25, -0.2) is 0 Å². The fourth-order valence-electron chi connectivity index (χ4n) is 3.79. The number of nitrogens with one attached hydrogen (secondary N) is 1. The molecule has 0 aromatic heterocycles. The lowest BCUT2D eigenvalue weighted by Crippen LogP contribution is -2.31. The highest BCUT2D eigenvalue weighted by molar-refractivity contribution is 8.01. The molecule has 1 N–H and O–H groups in total. The normalized spacial score (nSPS) is 11.1. The predicted octanol–water partition coefficient (Wildman–Crippen LogP) is 6.03. The molecule has 0 aliphatic carbocycles. The van der Waals surface area contributed by atoms with Crippen molar-refractivity contribution in [2.45, 2.75) is 11.3 Å². The maximum atomic E-state index is 12.8. The Balaban J connectivity index is 1.66. The molecule has 0 saturated carbocycles. The van der Waals surface area contributed by atoms with Crippen molar-refractivity contribution in [2.75, 3.05) is 5.75 Å². The molecule has 2 nitrogen and oxygen atoms in total. The molecule has 0 heterocycles. The van der Waals surface area contributed by atoms with Gasteiger partial charge in [0.1, 0.15) is 0 Å². The predicted molar refractivity (Wildman–Crippen MR) is 130 cm³/mol. The Labute approximate surface area is 188 Å². The summed E-state index contributed by atoms with van der Waals surface area (Å²) in [6, 6.07) is 41.3. The third-order valence-corrected chi connectivity index (χ3v) is 6.84. The lowest BCUT2D eigenvalue weighted by Gasteiger charge is -2.35. The van der Waals surface area contributed by atoms with E-state index in [4.69, 9.17) is 0 Å². The monoisotopic (exact) mass is 423 g/mol. The highest BCUT2D eigenvalue weighted by Crippen LogP contribution is 2.48. The van der Waals surface area contributed by atoms with Crippen LogP contribution in [0.25, 0.3) is 0 Å². The van der Waals surface area contributed by atoms with E-state index >= 15 is 0 Å². The van der Waals surface area contributed by atoms with E-state index < -0.39 is 4.75 Å². The molecule has 1 amide bonds. The van der Waals surface area contributed by atoms with E-state index in [1.165, 1.54) is 0 Å². The van der Waals surface area contributed by atoms with Crippen molar-refractivity contribution in [1.82, 2.24) is 5.32 Å². The number of carbonyl (C=O) groups is 1. The van der Waals surface area contributed by atoms with E-state index in [0.717, 1.165) is 22.3 Å². The fourth-order valence-corrected chi connectivity index (χ4v) is 5.15. The quantitative estimate of drug-likeness (QED) is 0.351. The summed E-state index contributed by atoms with van der Waals surface area (Å²) in [6.07, 6.45) is 0. The van der Waals surface area contributed by atoms with Crippen molar-refractivity contribution in [3.05, 3.63) is 144 Å². The highest BCUT2D eigenvalue weighted by atomic mass is 32.2. The number of hydrogen-bond acceptors (Lipinski definition) is 2. The molecule has 0 spiro atoms. The maximum absolute atomic E-state index is 12.8. The summed E-state index contributed by atoms with van der Waals surface area (Å²) in [7, 11) is 0. The minimum Gasteiger partial charge on any atom is -0.351 e. The molecule has 0 saturated heterocycles. The first-order valence-electron chi connectivity index (χ1n) is 10.4. The maximum Gasteiger partial charge on any atom is 0.230 e. The summed E-state index contributed by atoms with van der Waals surface area (Å²) in [6.45, 7) is 0.537. The number of rotatable bonds is 8. The molecule has 31 heavy (non-hydrogen) atoms. The Morgan fingerprint density at radius 3 is 1.42 bits per heavy atom. The summed E-state index contributed by atoms with van der Waals surface area (Å²) < 4.78 is -0.478. The highest BCUT2D eigenvalue weighted by Gasteiger charge is 2.37. The van der Waals surface area contributed by atoms with E-state index in [1.54, 1.807) is 11.8 Å². The molecule has 0 atom stereocenters. The Kier molecular flexibility index (Phi) is 6.85. The topological polar surface area (TPSA) is 29.1 Å². The van der Waals surface area contributed by atoms with Crippen LogP contribution in [0.1, 0.15) is 22.3 Å². The third-order valence-electron chi connectivity index (χ3n) is 5.29. The summed E-state index contributed by atoms with van der Waals surface area (Å²) >= 11 is 1.66. The van der Waals surface area contributed by atoms with Gasteiger partial charge in [-0.05, 0) is 22.3 Å². The zero-order valence-electron chi connectivity index (χ0n) is 17.3. The van der Waals surface area contributed by atoms with Gasteiger partial charge in [-0.3, -0.25) is 4.79 Å². The zero-order chi connectivity index (χ0) is 21.4. The van der Waals surface area contributed by atoms with E-state index in [9.17, 15) is 4.79 Å². The molecule has 0 bridgehead atoms. The number of carbonyl (C=O) groups excluding carboxylic acids is 1. The lowest BCUT2D eigenvalue weighted by molar-refractivity contribution is -0.118. The second-order valence-electron chi connectivity index (χ2n) is 7.33. The number of amides is 1. The Morgan fingerprint density at radius 1 is 0.613 bits per heavy atom. The van der Waals surface area contributed by atoms with Crippen molar-refractivity contribution in [2.24, 2.45) is 0 Å². The average Bonchev–Trinajstić information content (AvgIpc) is 2.86. The molecule has 0 aliphatic heterocycles. The van der Waals surface area contributed by atoms with Crippen LogP contribution in [0.15, 0.2) is 121 Å². The second-order valence-corrected chi connectivity index (χ2v) is 8.52. The molecule has 4 aromatic rings. The molecule has 0 radical (unpaired) electrons. The average molecular weight is 424 g/mol. The van der Waals surface area contributed by atoms with E-state index in [0.29, 0.717) is 12.3 Å². The van der Waals surface area contributed by atoms with Gasteiger partial charge >= 0.3 is 0 Å². The first-order chi connectivity index (χ1) is 15.3. The van der Waals surface area contributed by atoms with Gasteiger partial charge in [-0.15, -0.1) is 11.8 Å². The van der Waals surface area contributed by atoms with Crippen LogP contribution < -0.4 is 5.32 Å². The molecule has 0 unspecified atom stereocenters. The first-order valence-corrected chi connectivity index (χ1v) is 11.4. The third kappa shape index (κ3) is 4.89. The van der Waals surface area contributed by atoms with Gasteiger partial charge in [-0.1, -0.05) is 121 Å². The Hall–Kier alpha value is -3.30. The smallest absolute Gasteiger partial charge is 0.230 e. The van der Waals surface area contributed by atoms with Crippen LogP contribution in [0.5, 0.6) is 0 Å². The van der Waals surface area contributed by atoms with Crippen molar-refractivity contribution in [3.8, 4) is 0 Å². The Bertz CT molecular complexity index is 986. The summed E-state index contributed by atoms with van der Waals surface area (Å²) in [5, 5.41) is 3.07. The minimum atomic E-state index is -0.478. The number of hydrogen-bond donors (Lipinski definition) is 1. The van der Waals surface area contributed by atoms with Crippen LogP contribution in [0.3, 0.4) is 0 Å². The van der Waals surface area contributed by atoms with Gasteiger partial charge < -0.3 is 5.32 Å². The SMILES string of the molecule is O=C(CSC(c1ccccc1)(c1ccccc1)c1ccccc1)NCc1ccccc1. The van der Waals surface area contributed by atoms with Crippen LogP contribution in [-0.4, -0.2) is 11.7 Å². The van der Waals surface area contributed by atoms with E-state index in [2.05, 4.69) is 78.1 Å². The molecule has 3 heteroatoms. The standard InChI is InChI=1S/C28H25NOS/c30-27(29-21-23-13-5-1-6-14-23)22-31-28(24-15-7-2-8-16-24,25-17-9-3-10-18-25)26-19-11-4-12-20-26/h1-20H,21-22H2,(H,29,30). The van der Waals surface area contributed by atoms with E-state index in [-0.39, 0.29) is 5.91 Å². The fraction of sp³-hybridized carbons (Fsp3) is 0.107. The van der Waals surface area contributed by atoms with Gasteiger partial charge in [0.2, 0.25) is 5.91 Å². The number of benzene rings is 4. The molecule has 0 fully saturated rings. The van der Waals surface area contributed by atoms with Crippen LogP contribution in [0.2, 0.25) is 0 Å². The van der Waals surface area contributed by atoms with Gasteiger partial charge in [0.05, 0.1) is 10.5 Å². The molecular formula is C28H25NOS. The van der Waals surface area contributed by atoms with Gasteiger partial charge in [-0.2, -0.15) is 0 Å². The lowest BCUT2D eigenvalue weighted by atomic mass is 9.84. The van der Waals surface area contributed by atoms with Crippen molar-refractivity contribution < 1.29 is 4.79 Å². The zero-order valence-corrected chi connectivity index (χ0v) is 18.1. The first kappa shape index (κ1) is 21.0. The van der Waals surface area contributed by atoms with Crippen LogP contribution in [0.4, 0.5) is 0 Å². The van der Waals surface area contributed by atoms with Crippen molar-refractivity contribution >= 4 is 17.7 Å². The number of thioether (sulfide) groups is 1. The van der Waals surface area contributed by atoms with Crippen molar-refractivity contribution in [1.29, 1.82) is 0 Å². The second kappa shape index (κ2) is 10.1. The van der Waals surface area contributed by atoms with Gasteiger partial charge in [0.25, 0.3) is 0 Å². The van der Waals surface area contributed by atoms with Gasteiger partial charge in [0.15, 0.2) is 0 Å². The molecule has 4 aromatic carbocycles. The molecule has 0 aliphatic rings. The van der Waals surface area contributed by atoms with Gasteiger partial charge in [0, 0.05) is 6.54 Å². The summed E-state index contributed by atoms with van der Waals surface area (Å²) in [4.78, 5) is 12.8. The molecular weight excluding hydrogens is 398 g/mol. The minimum absolute atomic E-state index is 0.0287. The summed E-state index contributed by atoms with van der Waals surface area (Å²) in [5.41, 5.74) is 4.58. The van der Waals surface area contributed by atoms with Crippen LogP contribution in [-0.2, 0) is 16.1 Å². The summed E-state index contributed by atoms with van der Waals surface area (Å²) in [5.74, 6) is 0.381. The van der Waals surface area contributed by atoms with Crippen LogP contribution in [0, 0.1) is 0 Å². The van der Waals surface area contributed by atoms with E-state index in [1.807, 2.05) is 48.5 Å². The Morgan fingerprint density at radius 2 is 1.00 bits per heavy atom. The molecule has 154 valence electrons.